The van der Waals surface area contributed by atoms with E-state index >= 15 is 0 Å². The van der Waals surface area contributed by atoms with E-state index in [-0.39, 0.29) is 5.75 Å². The number of benzene rings is 1. The van der Waals surface area contributed by atoms with Crippen LogP contribution in [0.3, 0.4) is 0 Å². The fourth-order valence-electron chi connectivity index (χ4n) is 1.88. The molecule has 0 spiro atoms. The number of fused-ring (bicyclic) bond motifs is 2. The summed E-state index contributed by atoms with van der Waals surface area (Å²) in [6.07, 6.45) is 4.09. The molecular formula is C12H17NO2. The zero-order valence-corrected chi connectivity index (χ0v) is 8.99. The summed E-state index contributed by atoms with van der Waals surface area (Å²) in [5.74, 6) is 0.238. The predicted octanol–water partition coefficient (Wildman–Crippen LogP) is 2.72. The first-order valence-corrected chi connectivity index (χ1v) is 5.54. The Hall–Kier alpha value is -1.22. The molecule has 0 saturated carbocycles. The molecule has 1 aliphatic rings. The van der Waals surface area contributed by atoms with Gasteiger partial charge in [0.2, 0.25) is 0 Å². The van der Waals surface area contributed by atoms with Crippen molar-refractivity contribution >= 4 is 11.2 Å². The van der Waals surface area contributed by atoms with E-state index in [1.54, 1.807) is 12.1 Å². The molecule has 2 aromatic rings. The number of hydrogen-bond donors (Lipinski definition) is 2. The van der Waals surface area contributed by atoms with Gasteiger partial charge in [0, 0.05) is 12.1 Å². The van der Waals surface area contributed by atoms with Gasteiger partial charge in [-0.05, 0) is 37.9 Å². The summed E-state index contributed by atoms with van der Waals surface area (Å²) in [6.45, 7) is 3.49. The number of rotatable bonds is 1. The van der Waals surface area contributed by atoms with Crippen molar-refractivity contribution in [2.75, 3.05) is 6.54 Å². The largest absolute Gasteiger partial charge is 0.504 e. The summed E-state index contributed by atoms with van der Waals surface area (Å²) in [4.78, 5) is 0. The van der Waals surface area contributed by atoms with Crippen LogP contribution in [0.1, 0.15) is 26.2 Å². The first-order chi connectivity index (χ1) is 7.29. The van der Waals surface area contributed by atoms with Crippen LogP contribution in [0, 0.1) is 0 Å². The average molecular weight is 207 g/mol. The van der Waals surface area contributed by atoms with Crippen molar-refractivity contribution < 1.29 is 9.52 Å². The van der Waals surface area contributed by atoms with Crippen molar-refractivity contribution in [3.8, 4) is 5.75 Å². The maximum Gasteiger partial charge on any atom is 0.169 e. The van der Waals surface area contributed by atoms with Gasteiger partial charge in [-0.25, -0.2) is 0 Å². The Morgan fingerprint density at radius 2 is 2.40 bits per heavy atom. The van der Waals surface area contributed by atoms with Crippen LogP contribution in [0.4, 0.5) is 0 Å². The third-order valence-electron chi connectivity index (χ3n) is 2.81. The third-order valence-corrected chi connectivity index (χ3v) is 2.81. The van der Waals surface area contributed by atoms with Gasteiger partial charge in [0.1, 0.15) is 5.58 Å². The molecule has 2 aromatic heterocycles. The number of nitrogens with one attached hydrogen (secondary N) is 1. The van der Waals surface area contributed by atoms with Crippen molar-refractivity contribution in [2.24, 2.45) is 0 Å². The van der Waals surface area contributed by atoms with Crippen LogP contribution >= 0.6 is 0 Å². The van der Waals surface area contributed by atoms with E-state index in [0.29, 0.717) is 5.58 Å². The fraction of sp³-hybridized carbons (Fsp3) is 0.500. The van der Waals surface area contributed by atoms with Crippen LogP contribution in [-0.2, 0) is 0 Å². The molecule has 15 heavy (non-hydrogen) atoms. The minimum absolute atomic E-state index is 0.238. The van der Waals surface area contributed by atoms with Crippen LogP contribution in [0.15, 0.2) is 22.6 Å². The zero-order valence-electron chi connectivity index (χ0n) is 8.99. The van der Waals surface area contributed by atoms with E-state index in [9.17, 15) is 0 Å². The Morgan fingerprint density at radius 1 is 1.53 bits per heavy atom. The van der Waals surface area contributed by atoms with Gasteiger partial charge in [-0.2, -0.15) is 0 Å². The van der Waals surface area contributed by atoms with E-state index in [1.807, 2.05) is 6.07 Å². The minimum atomic E-state index is 0.238. The number of furan rings is 2. The first-order valence-electron chi connectivity index (χ1n) is 5.54. The summed E-state index contributed by atoms with van der Waals surface area (Å²) in [7, 11) is 0. The topological polar surface area (TPSA) is 45.4 Å². The highest BCUT2D eigenvalue weighted by Gasteiger charge is 2.09. The molecule has 1 atom stereocenters. The molecule has 1 aliphatic heterocycles. The second-order valence-electron chi connectivity index (χ2n) is 3.93. The standard InChI is InChI=1S/C6H13N.C6H4O2/c1-2-6-4-3-5-7-6;7-5-3-4-1-2-6(5)8-4/h6-7H,2-5H2,1H3;1-3,7H. The van der Waals surface area contributed by atoms with Crippen LogP contribution < -0.4 is 5.32 Å². The van der Waals surface area contributed by atoms with Crippen molar-refractivity contribution in [3.05, 3.63) is 18.2 Å². The molecule has 3 nitrogen and oxygen atoms in total. The minimum Gasteiger partial charge on any atom is -0.504 e. The molecule has 1 saturated heterocycles. The highest BCUT2D eigenvalue weighted by Crippen LogP contribution is 2.26. The Bertz CT molecular complexity index is 390. The lowest BCUT2D eigenvalue weighted by atomic mass is 10.2. The van der Waals surface area contributed by atoms with Gasteiger partial charge in [-0.1, -0.05) is 6.92 Å². The zero-order chi connectivity index (χ0) is 10.7. The monoisotopic (exact) mass is 207 g/mol. The van der Waals surface area contributed by atoms with Crippen LogP contribution in [0.5, 0.6) is 5.75 Å². The van der Waals surface area contributed by atoms with Crippen molar-refractivity contribution in [1.82, 2.24) is 5.32 Å². The Kier molecular flexibility index (Phi) is 3.11. The van der Waals surface area contributed by atoms with Gasteiger partial charge in [0.15, 0.2) is 11.3 Å². The second kappa shape index (κ2) is 4.53. The number of phenols is 1. The summed E-state index contributed by atoms with van der Waals surface area (Å²) < 4.78 is 4.96. The van der Waals surface area contributed by atoms with Gasteiger partial charge >= 0.3 is 0 Å². The summed E-state index contributed by atoms with van der Waals surface area (Å²) in [6, 6.07) is 6.00. The smallest absolute Gasteiger partial charge is 0.169 e. The SMILES string of the molecule is CCC1CCCN1.Oc1cc2ccc1o2. The van der Waals surface area contributed by atoms with Gasteiger partial charge in [-0.15, -0.1) is 0 Å². The van der Waals surface area contributed by atoms with Crippen LogP contribution in [0.2, 0.25) is 0 Å². The Morgan fingerprint density at radius 3 is 2.67 bits per heavy atom. The lowest BCUT2D eigenvalue weighted by molar-refractivity contribution is 0.476. The molecule has 0 radical (unpaired) electrons. The lowest BCUT2D eigenvalue weighted by Gasteiger charge is -2.02. The van der Waals surface area contributed by atoms with E-state index in [0.717, 1.165) is 11.6 Å². The number of phenolic OH excluding ortho intramolecular Hbond substituents is 1. The molecule has 2 bridgehead atoms. The summed E-state index contributed by atoms with van der Waals surface area (Å²) >= 11 is 0. The van der Waals surface area contributed by atoms with E-state index in [1.165, 1.54) is 25.8 Å². The molecule has 82 valence electrons. The van der Waals surface area contributed by atoms with Crippen molar-refractivity contribution in [3.63, 3.8) is 0 Å². The van der Waals surface area contributed by atoms with E-state index in [2.05, 4.69) is 12.2 Å². The van der Waals surface area contributed by atoms with Crippen molar-refractivity contribution in [1.29, 1.82) is 0 Å². The predicted molar refractivity (Wildman–Crippen MR) is 60.4 cm³/mol. The Balaban J connectivity index is 0.000000115. The summed E-state index contributed by atoms with van der Waals surface area (Å²) in [5.41, 5.74) is 1.30. The second-order valence-corrected chi connectivity index (χ2v) is 3.93. The van der Waals surface area contributed by atoms with Crippen LogP contribution in [-0.4, -0.2) is 17.7 Å². The number of hydrogen-bond acceptors (Lipinski definition) is 3. The molecule has 3 heteroatoms. The van der Waals surface area contributed by atoms with Gasteiger partial charge in [-0.3, -0.25) is 0 Å². The van der Waals surface area contributed by atoms with E-state index in [4.69, 9.17) is 9.52 Å². The normalized spacial score (nSPS) is 20.5. The van der Waals surface area contributed by atoms with Gasteiger partial charge in [0.25, 0.3) is 0 Å². The number of aromatic hydroxyl groups is 1. The maximum absolute atomic E-state index is 8.85. The maximum atomic E-state index is 8.85. The Labute approximate surface area is 89.4 Å². The van der Waals surface area contributed by atoms with Crippen molar-refractivity contribution in [2.45, 2.75) is 32.2 Å². The molecule has 0 amide bonds. The molecule has 2 N–H and O–H groups in total. The highest BCUT2D eigenvalue weighted by molar-refractivity contribution is 5.68. The van der Waals surface area contributed by atoms with Crippen LogP contribution in [0.25, 0.3) is 11.2 Å². The average Bonchev–Trinajstić information content (AvgIpc) is 2.95. The molecule has 0 aromatic carbocycles. The molecule has 0 aliphatic carbocycles. The van der Waals surface area contributed by atoms with Gasteiger partial charge in [0.05, 0.1) is 0 Å². The molecule has 3 rings (SSSR count). The third kappa shape index (κ3) is 2.42. The molecule has 1 fully saturated rings. The quantitative estimate of drug-likeness (QED) is 0.755. The first kappa shape index (κ1) is 10.3. The molecular weight excluding hydrogens is 190 g/mol. The molecule has 3 heterocycles. The lowest BCUT2D eigenvalue weighted by Crippen LogP contribution is -2.19. The fourth-order valence-corrected chi connectivity index (χ4v) is 1.88. The van der Waals surface area contributed by atoms with Gasteiger partial charge < -0.3 is 14.8 Å². The van der Waals surface area contributed by atoms with E-state index < -0.39 is 0 Å². The molecule has 1 unspecified atom stereocenters. The highest BCUT2D eigenvalue weighted by atomic mass is 16.4. The summed E-state index contributed by atoms with van der Waals surface area (Å²) in [5, 5.41) is 12.3.